The van der Waals surface area contributed by atoms with Crippen molar-refractivity contribution in [3.8, 4) is 0 Å². The molecular formula is C7H6Cl2N. The molecule has 1 nitrogen and oxygen atoms in total. The third kappa shape index (κ3) is 1.86. The van der Waals surface area contributed by atoms with Gasteiger partial charge in [-0.05, 0) is 31.0 Å². The number of pyridine rings is 1. The fraction of sp³-hybridized carbons (Fsp3) is 0.143. The van der Waals surface area contributed by atoms with Gasteiger partial charge in [0.1, 0.15) is 10.3 Å². The van der Waals surface area contributed by atoms with Crippen LogP contribution in [-0.4, -0.2) is 4.98 Å². The molecule has 0 saturated heterocycles. The molecule has 1 heterocycles. The van der Waals surface area contributed by atoms with Gasteiger partial charge in [0.25, 0.3) is 0 Å². The van der Waals surface area contributed by atoms with Crippen molar-refractivity contribution < 1.29 is 0 Å². The molecule has 0 amide bonds. The van der Waals surface area contributed by atoms with Crippen molar-refractivity contribution in [3.63, 3.8) is 0 Å². The van der Waals surface area contributed by atoms with Crippen molar-refractivity contribution in [1.82, 2.24) is 4.98 Å². The fourth-order valence-corrected chi connectivity index (χ4v) is 1.16. The highest BCUT2D eigenvalue weighted by Crippen LogP contribution is 2.14. The molecule has 0 bridgehead atoms. The molecule has 1 aromatic heterocycles. The Morgan fingerprint density at radius 3 is 2.20 bits per heavy atom. The van der Waals surface area contributed by atoms with Gasteiger partial charge in [-0.15, -0.1) is 0 Å². The molecule has 1 rings (SSSR count). The first-order chi connectivity index (χ1) is 4.72. The standard InChI is InChI=1S/C7H6Cl2N/c1-2-5-3-6(8)10-7(9)4-5/h3-4H,1-2H2. The molecule has 0 aliphatic carbocycles. The topological polar surface area (TPSA) is 12.9 Å². The second-order valence-electron chi connectivity index (χ2n) is 1.87. The van der Waals surface area contributed by atoms with Gasteiger partial charge >= 0.3 is 0 Å². The molecule has 0 aliphatic rings. The lowest BCUT2D eigenvalue weighted by molar-refractivity contribution is 1.21. The molecule has 0 unspecified atom stereocenters. The van der Waals surface area contributed by atoms with E-state index in [4.69, 9.17) is 23.2 Å². The summed E-state index contributed by atoms with van der Waals surface area (Å²) in [6, 6.07) is 3.50. The minimum Gasteiger partial charge on any atom is -0.224 e. The first-order valence-corrected chi connectivity index (χ1v) is 3.59. The largest absolute Gasteiger partial charge is 0.224 e. The van der Waals surface area contributed by atoms with Gasteiger partial charge < -0.3 is 0 Å². The predicted molar refractivity (Wildman–Crippen MR) is 43.3 cm³/mol. The minimum absolute atomic E-state index is 0.422. The maximum absolute atomic E-state index is 5.61. The van der Waals surface area contributed by atoms with Crippen LogP contribution in [-0.2, 0) is 6.42 Å². The summed E-state index contributed by atoms with van der Waals surface area (Å²) in [5.41, 5.74) is 1.00. The van der Waals surface area contributed by atoms with E-state index < -0.39 is 0 Å². The van der Waals surface area contributed by atoms with Gasteiger partial charge in [-0.2, -0.15) is 0 Å². The Kier molecular flexibility index (Phi) is 2.52. The van der Waals surface area contributed by atoms with E-state index in [0.29, 0.717) is 16.7 Å². The fourth-order valence-electron chi connectivity index (χ4n) is 0.659. The summed E-state index contributed by atoms with van der Waals surface area (Å²) in [5, 5.41) is 0.845. The Hall–Kier alpha value is -0.270. The average Bonchev–Trinajstić information content (AvgIpc) is 1.85. The van der Waals surface area contributed by atoms with Crippen LogP contribution in [0.15, 0.2) is 12.1 Å². The summed E-state index contributed by atoms with van der Waals surface area (Å²) in [4.78, 5) is 3.79. The number of aromatic nitrogens is 1. The van der Waals surface area contributed by atoms with Crippen molar-refractivity contribution in [1.29, 1.82) is 0 Å². The van der Waals surface area contributed by atoms with Crippen LogP contribution in [0.1, 0.15) is 5.56 Å². The average molecular weight is 175 g/mol. The smallest absolute Gasteiger partial charge is 0.131 e. The van der Waals surface area contributed by atoms with Crippen molar-refractivity contribution in [2.75, 3.05) is 0 Å². The van der Waals surface area contributed by atoms with Crippen LogP contribution < -0.4 is 0 Å². The van der Waals surface area contributed by atoms with Crippen LogP contribution in [0.25, 0.3) is 0 Å². The van der Waals surface area contributed by atoms with E-state index in [1.165, 1.54) is 0 Å². The Morgan fingerprint density at radius 2 is 1.80 bits per heavy atom. The van der Waals surface area contributed by atoms with Gasteiger partial charge in [-0.3, -0.25) is 0 Å². The van der Waals surface area contributed by atoms with Gasteiger partial charge in [0.15, 0.2) is 0 Å². The monoisotopic (exact) mass is 174 g/mol. The Bertz CT molecular complexity index is 215. The lowest BCUT2D eigenvalue weighted by Crippen LogP contribution is -1.83. The second kappa shape index (κ2) is 3.22. The predicted octanol–water partition coefficient (Wildman–Crippen LogP) is 2.76. The van der Waals surface area contributed by atoms with Crippen LogP contribution in [0, 0.1) is 6.92 Å². The zero-order chi connectivity index (χ0) is 7.56. The number of halogens is 2. The maximum atomic E-state index is 5.61. The highest BCUT2D eigenvalue weighted by atomic mass is 35.5. The summed E-state index contributed by atoms with van der Waals surface area (Å²) >= 11 is 11.2. The van der Waals surface area contributed by atoms with E-state index in [1.54, 1.807) is 12.1 Å². The van der Waals surface area contributed by atoms with Crippen molar-refractivity contribution in [2.24, 2.45) is 0 Å². The lowest BCUT2D eigenvalue weighted by atomic mass is 10.2. The highest BCUT2D eigenvalue weighted by Gasteiger charge is 1.95. The lowest BCUT2D eigenvalue weighted by Gasteiger charge is -1.96. The van der Waals surface area contributed by atoms with Crippen molar-refractivity contribution in [3.05, 3.63) is 34.9 Å². The highest BCUT2D eigenvalue weighted by molar-refractivity contribution is 6.32. The van der Waals surface area contributed by atoms with E-state index in [2.05, 4.69) is 11.9 Å². The van der Waals surface area contributed by atoms with Crippen LogP contribution in [0.4, 0.5) is 0 Å². The first-order valence-electron chi connectivity index (χ1n) is 2.83. The maximum Gasteiger partial charge on any atom is 0.131 e. The molecular weight excluding hydrogens is 169 g/mol. The Balaban J connectivity index is 3.06. The zero-order valence-electron chi connectivity index (χ0n) is 5.27. The van der Waals surface area contributed by atoms with Crippen LogP contribution in [0.2, 0.25) is 10.3 Å². The molecule has 10 heavy (non-hydrogen) atoms. The summed E-state index contributed by atoms with van der Waals surface area (Å²) in [6.45, 7) is 3.69. The third-order valence-corrected chi connectivity index (χ3v) is 1.50. The van der Waals surface area contributed by atoms with Crippen molar-refractivity contribution >= 4 is 23.2 Å². The van der Waals surface area contributed by atoms with E-state index in [1.807, 2.05) is 0 Å². The second-order valence-corrected chi connectivity index (χ2v) is 2.65. The summed E-state index contributed by atoms with van der Waals surface area (Å²) in [7, 11) is 0. The Morgan fingerprint density at radius 1 is 1.30 bits per heavy atom. The van der Waals surface area contributed by atoms with Gasteiger partial charge in [-0.1, -0.05) is 23.2 Å². The molecule has 3 heteroatoms. The van der Waals surface area contributed by atoms with E-state index >= 15 is 0 Å². The number of rotatable bonds is 1. The van der Waals surface area contributed by atoms with Crippen LogP contribution in [0.3, 0.4) is 0 Å². The summed E-state index contributed by atoms with van der Waals surface area (Å²) < 4.78 is 0. The molecule has 1 aromatic rings. The number of hydrogen-bond donors (Lipinski definition) is 0. The van der Waals surface area contributed by atoms with Gasteiger partial charge in [0.05, 0.1) is 0 Å². The molecule has 0 saturated carbocycles. The van der Waals surface area contributed by atoms with E-state index in [-0.39, 0.29) is 0 Å². The summed E-state index contributed by atoms with van der Waals surface area (Å²) in [6.07, 6.45) is 0.683. The summed E-state index contributed by atoms with van der Waals surface area (Å²) in [5.74, 6) is 0. The molecule has 1 radical (unpaired) electrons. The zero-order valence-corrected chi connectivity index (χ0v) is 6.78. The van der Waals surface area contributed by atoms with E-state index in [9.17, 15) is 0 Å². The number of nitrogens with zero attached hydrogens (tertiary/aromatic N) is 1. The molecule has 0 atom stereocenters. The van der Waals surface area contributed by atoms with E-state index in [0.717, 1.165) is 5.56 Å². The number of hydrogen-bond acceptors (Lipinski definition) is 1. The molecule has 0 spiro atoms. The Labute approximate surface area is 70.0 Å². The van der Waals surface area contributed by atoms with Crippen LogP contribution >= 0.6 is 23.2 Å². The SMILES string of the molecule is [CH2]Cc1cc(Cl)nc(Cl)c1. The van der Waals surface area contributed by atoms with Crippen molar-refractivity contribution in [2.45, 2.75) is 6.42 Å². The molecule has 0 fully saturated rings. The quantitative estimate of drug-likeness (QED) is 0.598. The molecule has 0 N–H and O–H groups in total. The third-order valence-electron chi connectivity index (χ3n) is 1.11. The van der Waals surface area contributed by atoms with Gasteiger partial charge in [0.2, 0.25) is 0 Å². The minimum atomic E-state index is 0.422. The van der Waals surface area contributed by atoms with Crippen LogP contribution in [0.5, 0.6) is 0 Å². The molecule has 53 valence electrons. The van der Waals surface area contributed by atoms with Gasteiger partial charge in [-0.25, -0.2) is 4.98 Å². The van der Waals surface area contributed by atoms with Gasteiger partial charge in [0, 0.05) is 0 Å². The molecule has 0 aromatic carbocycles. The normalized spacial score (nSPS) is 9.90. The molecule has 0 aliphatic heterocycles. The first kappa shape index (κ1) is 7.83.